The van der Waals surface area contributed by atoms with Gasteiger partial charge in [-0.3, -0.25) is 4.79 Å². The van der Waals surface area contributed by atoms with E-state index >= 15 is 0 Å². The van der Waals surface area contributed by atoms with Crippen LogP contribution < -0.4 is 5.73 Å². The first-order valence-corrected chi connectivity index (χ1v) is 6.27. The molecule has 0 aliphatic rings. The van der Waals surface area contributed by atoms with Crippen molar-refractivity contribution in [2.24, 2.45) is 0 Å². The lowest BCUT2D eigenvalue weighted by molar-refractivity contribution is -0.118. The number of nitrogen functional groups attached to an aromatic ring is 1. The number of Topliss-reactive ketones (excluding diaryl/α,β-unsaturated/α-hetero) is 1. The monoisotopic (exact) mass is 255 g/mol. The Morgan fingerprint density at radius 2 is 1.79 bits per heavy atom. The van der Waals surface area contributed by atoms with Gasteiger partial charge in [0.15, 0.2) is 0 Å². The second-order valence-electron chi connectivity index (χ2n) is 4.63. The van der Waals surface area contributed by atoms with Crippen molar-refractivity contribution < 1.29 is 9.90 Å². The number of rotatable bonds is 5. The van der Waals surface area contributed by atoms with Gasteiger partial charge in [0.25, 0.3) is 0 Å². The summed E-state index contributed by atoms with van der Waals surface area (Å²) in [5, 5.41) is 9.34. The number of aromatic hydroxyl groups is 1. The first-order valence-electron chi connectivity index (χ1n) is 6.27. The summed E-state index contributed by atoms with van der Waals surface area (Å²) < 4.78 is 0. The predicted octanol–water partition coefficient (Wildman–Crippen LogP) is 2.72. The summed E-state index contributed by atoms with van der Waals surface area (Å²) in [7, 11) is 0. The lowest BCUT2D eigenvalue weighted by Gasteiger charge is -2.03. The summed E-state index contributed by atoms with van der Waals surface area (Å²) >= 11 is 0. The molecule has 0 atom stereocenters. The molecule has 0 saturated carbocycles. The van der Waals surface area contributed by atoms with Crippen LogP contribution in [-0.2, 0) is 17.6 Å². The Kier molecular flexibility index (Phi) is 4.18. The molecule has 0 fully saturated rings. The number of phenols is 1. The minimum absolute atomic E-state index is 0.169. The molecule has 0 heterocycles. The van der Waals surface area contributed by atoms with Crippen LogP contribution >= 0.6 is 0 Å². The zero-order chi connectivity index (χ0) is 13.7. The van der Waals surface area contributed by atoms with E-state index in [9.17, 15) is 9.90 Å². The highest BCUT2D eigenvalue weighted by atomic mass is 16.3. The maximum absolute atomic E-state index is 11.9. The molecular formula is C16H17NO2. The molecule has 3 heteroatoms. The second kappa shape index (κ2) is 6.05. The van der Waals surface area contributed by atoms with Crippen molar-refractivity contribution in [3.05, 3.63) is 59.7 Å². The summed E-state index contributed by atoms with van der Waals surface area (Å²) in [6, 6.07) is 14.4. The van der Waals surface area contributed by atoms with E-state index in [1.165, 1.54) is 0 Å². The molecule has 0 aliphatic carbocycles. The molecule has 98 valence electrons. The number of hydrogen-bond acceptors (Lipinski definition) is 3. The maximum Gasteiger partial charge on any atom is 0.137 e. The van der Waals surface area contributed by atoms with Crippen LogP contribution in [0.3, 0.4) is 0 Å². The number of phenolic OH excluding ortho intramolecular Hbond substituents is 1. The van der Waals surface area contributed by atoms with E-state index in [4.69, 9.17) is 5.73 Å². The summed E-state index contributed by atoms with van der Waals surface area (Å²) in [4.78, 5) is 11.9. The van der Waals surface area contributed by atoms with Crippen molar-refractivity contribution >= 4 is 11.5 Å². The molecule has 0 aromatic heterocycles. The van der Waals surface area contributed by atoms with E-state index in [0.717, 1.165) is 23.2 Å². The second-order valence-corrected chi connectivity index (χ2v) is 4.63. The Bertz CT molecular complexity index is 561. The third-order valence-corrected chi connectivity index (χ3v) is 2.98. The van der Waals surface area contributed by atoms with Crippen molar-refractivity contribution in [3.8, 4) is 5.75 Å². The standard InChI is InChI=1S/C16H17NO2/c17-14-7-4-12(5-8-14)6-9-16(19)11-13-2-1-3-15(18)10-13/h1-5,7-8,10,18H,6,9,11,17H2. The Hall–Kier alpha value is -2.29. The van der Waals surface area contributed by atoms with Crippen LogP contribution in [0, 0.1) is 0 Å². The van der Waals surface area contributed by atoms with Gasteiger partial charge in [0.05, 0.1) is 0 Å². The highest BCUT2D eigenvalue weighted by Gasteiger charge is 2.05. The minimum Gasteiger partial charge on any atom is -0.508 e. The van der Waals surface area contributed by atoms with Gasteiger partial charge < -0.3 is 10.8 Å². The van der Waals surface area contributed by atoms with Gasteiger partial charge in [-0.25, -0.2) is 0 Å². The average Bonchev–Trinajstić information content (AvgIpc) is 2.38. The van der Waals surface area contributed by atoms with Crippen LogP contribution in [0.15, 0.2) is 48.5 Å². The predicted molar refractivity (Wildman–Crippen MR) is 76.0 cm³/mol. The van der Waals surface area contributed by atoms with Crippen LogP contribution in [0.5, 0.6) is 5.75 Å². The molecule has 19 heavy (non-hydrogen) atoms. The third-order valence-electron chi connectivity index (χ3n) is 2.98. The SMILES string of the molecule is Nc1ccc(CCC(=O)Cc2cccc(O)c2)cc1. The van der Waals surface area contributed by atoms with Crippen LogP contribution in [0.4, 0.5) is 5.69 Å². The zero-order valence-electron chi connectivity index (χ0n) is 10.7. The van der Waals surface area contributed by atoms with Gasteiger partial charge in [-0.2, -0.15) is 0 Å². The molecule has 2 aromatic rings. The highest BCUT2D eigenvalue weighted by molar-refractivity contribution is 5.81. The van der Waals surface area contributed by atoms with Gasteiger partial charge in [-0.05, 0) is 41.8 Å². The van der Waals surface area contributed by atoms with Crippen molar-refractivity contribution in [1.82, 2.24) is 0 Å². The number of nitrogens with two attached hydrogens (primary N) is 1. The van der Waals surface area contributed by atoms with Crippen molar-refractivity contribution in [2.75, 3.05) is 5.73 Å². The normalized spacial score (nSPS) is 10.3. The summed E-state index contributed by atoms with van der Waals surface area (Å²) in [6.07, 6.45) is 1.58. The first kappa shape index (κ1) is 13.1. The summed E-state index contributed by atoms with van der Waals surface area (Å²) in [5.74, 6) is 0.367. The average molecular weight is 255 g/mol. The Balaban J connectivity index is 1.86. The van der Waals surface area contributed by atoms with Crippen LogP contribution in [0.2, 0.25) is 0 Å². The highest BCUT2D eigenvalue weighted by Crippen LogP contribution is 2.13. The number of anilines is 1. The van der Waals surface area contributed by atoms with E-state index in [-0.39, 0.29) is 11.5 Å². The Morgan fingerprint density at radius 3 is 2.47 bits per heavy atom. The first-order chi connectivity index (χ1) is 9.13. The van der Waals surface area contributed by atoms with E-state index in [1.54, 1.807) is 18.2 Å². The molecule has 0 spiro atoms. The molecule has 0 bridgehead atoms. The molecular weight excluding hydrogens is 238 g/mol. The quantitative estimate of drug-likeness (QED) is 0.807. The Labute approximate surface area is 112 Å². The smallest absolute Gasteiger partial charge is 0.137 e. The summed E-state index contributed by atoms with van der Waals surface area (Å²) in [5.41, 5.74) is 8.30. The largest absolute Gasteiger partial charge is 0.508 e. The number of benzene rings is 2. The van der Waals surface area contributed by atoms with E-state index < -0.39 is 0 Å². The van der Waals surface area contributed by atoms with Crippen LogP contribution in [0.25, 0.3) is 0 Å². The van der Waals surface area contributed by atoms with Gasteiger partial charge >= 0.3 is 0 Å². The fourth-order valence-electron chi connectivity index (χ4n) is 1.95. The van der Waals surface area contributed by atoms with Crippen LogP contribution in [0.1, 0.15) is 17.5 Å². The number of ketones is 1. The fraction of sp³-hybridized carbons (Fsp3) is 0.188. The lowest BCUT2D eigenvalue weighted by Crippen LogP contribution is -2.04. The van der Waals surface area contributed by atoms with Gasteiger partial charge in [0, 0.05) is 18.5 Å². The molecule has 3 N–H and O–H groups in total. The Morgan fingerprint density at radius 1 is 1.05 bits per heavy atom. The number of carbonyl (C=O) groups is 1. The van der Waals surface area contributed by atoms with Gasteiger partial charge in [-0.1, -0.05) is 24.3 Å². The van der Waals surface area contributed by atoms with Crippen molar-refractivity contribution in [2.45, 2.75) is 19.3 Å². The van der Waals surface area contributed by atoms with E-state index in [1.807, 2.05) is 30.3 Å². The van der Waals surface area contributed by atoms with Gasteiger partial charge in [-0.15, -0.1) is 0 Å². The third kappa shape index (κ3) is 4.14. The summed E-state index contributed by atoms with van der Waals surface area (Å²) in [6.45, 7) is 0. The lowest BCUT2D eigenvalue weighted by atomic mass is 10.0. The van der Waals surface area contributed by atoms with Crippen molar-refractivity contribution in [1.29, 1.82) is 0 Å². The van der Waals surface area contributed by atoms with Gasteiger partial charge in [0.1, 0.15) is 11.5 Å². The molecule has 0 unspecified atom stereocenters. The number of hydrogen-bond donors (Lipinski definition) is 2. The molecule has 2 rings (SSSR count). The molecule has 2 aromatic carbocycles. The molecule has 0 aliphatic heterocycles. The van der Waals surface area contributed by atoms with E-state index in [2.05, 4.69) is 0 Å². The topological polar surface area (TPSA) is 63.3 Å². The van der Waals surface area contributed by atoms with Crippen molar-refractivity contribution in [3.63, 3.8) is 0 Å². The van der Waals surface area contributed by atoms with Crippen LogP contribution in [-0.4, -0.2) is 10.9 Å². The molecule has 0 amide bonds. The minimum atomic E-state index is 0.169. The zero-order valence-corrected chi connectivity index (χ0v) is 10.7. The number of carbonyl (C=O) groups excluding carboxylic acids is 1. The molecule has 3 nitrogen and oxygen atoms in total. The number of aryl methyl sites for hydroxylation is 1. The fourth-order valence-corrected chi connectivity index (χ4v) is 1.95. The molecule has 0 saturated heterocycles. The molecule has 0 radical (unpaired) electrons. The van der Waals surface area contributed by atoms with E-state index in [0.29, 0.717) is 12.8 Å². The maximum atomic E-state index is 11.9. The van der Waals surface area contributed by atoms with Gasteiger partial charge in [0.2, 0.25) is 0 Å².